The third kappa shape index (κ3) is 4.50. The SMILES string of the molecule is CCCN(CCO)Cc1cccc([N+](=O)[O-])c1. The normalized spacial score (nSPS) is 10.8. The van der Waals surface area contributed by atoms with Gasteiger partial charge >= 0.3 is 0 Å². The Balaban J connectivity index is 2.71. The molecule has 1 rings (SSSR count). The molecule has 0 saturated heterocycles. The molecule has 0 radical (unpaired) electrons. The molecule has 0 atom stereocenters. The lowest BCUT2D eigenvalue weighted by Crippen LogP contribution is -2.27. The zero-order chi connectivity index (χ0) is 12.7. The Hall–Kier alpha value is -1.46. The third-order valence-corrected chi connectivity index (χ3v) is 2.48. The lowest BCUT2D eigenvalue weighted by Gasteiger charge is -2.20. The van der Waals surface area contributed by atoms with Gasteiger partial charge < -0.3 is 5.11 Å². The molecule has 0 spiro atoms. The molecule has 0 unspecified atom stereocenters. The Kier molecular flexibility index (Phi) is 5.59. The van der Waals surface area contributed by atoms with Crippen molar-refractivity contribution in [3.63, 3.8) is 0 Å². The fourth-order valence-electron chi connectivity index (χ4n) is 1.75. The molecule has 5 heteroatoms. The van der Waals surface area contributed by atoms with Crippen molar-refractivity contribution in [1.29, 1.82) is 0 Å². The van der Waals surface area contributed by atoms with Crippen LogP contribution in [0.25, 0.3) is 0 Å². The van der Waals surface area contributed by atoms with Crippen LogP contribution in [-0.2, 0) is 6.54 Å². The first-order valence-corrected chi connectivity index (χ1v) is 5.74. The molecule has 0 fully saturated rings. The van der Waals surface area contributed by atoms with Crippen LogP contribution in [0.3, 0.4) is 0 Å². The minimum Gasteiger partial charge on any atom is -0.395 e. The van der Waals surface area contributed by atoms with Gasteiger partial charge in [0.15, 0.2) is 0 Å². The molecule has 0 aromatic heterocycles. The van der Waals surface area contributed by atoms with Crippen LogP contribution in [0.15, 0.2) is 24.3 Å². The average Bonchev–Trinajstić information content (AvgIpc) is 2.30. The predicted octanol–water partition coefficient (Wildman–Crippen LogP) is 1.80. The highest BCUT2D eigenvalue weighted by Crippen LogP contribution is 2.14. The predicted molar refractivity (Wildman–Crippen MR) is 65.8 cm³/mol. The van der Waals surface area contributed by atoms with Crippen molar-refractivity contribution in [2.75, 3.05) is 19.7 Å². The van der Waals surface area contributed by atoms with Crippen molar-refractivity contribution < 1.29 is 10.0 Å². The molecule has 0 aliphatic carbocycles. The van der Waals surface area contributed by atoms with Crippen molar-refractivity contribution in [2.24, 2.45) is 0 Å². The summed E-state index contributed by atoms with van der Waals surface area (Å²) >= 11 is 0. The van der Waals surface area contributed by atoms with E-state index in [-0.39, 0.29) is 17.2 Å². The molecule has 0 aliphatic heterocycles. The van der Waals surface area contributed by atoms with E-state index >= 15 is 0 Å². The Morgan fingerprint density at radius 2 is 2.18 bits per heavy atom. The fourth-order valence-corrected chi connectivity index (χ4v) is 1.75. The molecule has 0 bridgehead atoms. The van der Waals surface area contributed by atoms with Gasteiger partial charge in [-0.15, -0.1) is 0 Å². The van der Waals surface area contributed by atoms with Crippen molar-refractivity contribution in [3.8, 4) is 0 Å². The van der Waals surface area contributed by atoms with Crippen LogP contribution in [0.5, 0.6) is 0 Å². The summed E-state index contributed by atoms with van der Waals surface area (Å²) in [7, 11) is 0. The van der Waals surface area contributed by atoms with Gasteiger partial charge in [0.05, 0.1) is 11.5 Å². The van der Waals surface area contributed by atoms with Gasteiger partial charge in [0.25, 0.3) is 5.69 Å². The molecule has 1 aromatic rings. The fraction of sp³-hybridized carbons (Fsp3) is 0.500. The first kappa shape index (κ1) is 13.6. The maximum Gasteiger partial charge on any atom is 0.269 e. The Morgan fingerprint density at radius 3 is 2.76 bits per heavy atom. The lowest BCUT2D eigenvalue weighted by molar-refractivity contribution is -0.384. The van der Waals surface area contributed by atoms with Crippen LogP contribution >= 0.6 is 0 Å². The number of aliphatic hydroxyl groups excluding tert-OH is 1. The van der Waals surface area contributed by atoms with E-state index < -0.39 is 0 Å². The second kappa shape index (κ2) is 6.98. The molecule has 5 nitrogen and oxygen atoms in total. The summed E-state index contributed by atoms with van der Waals surface area (Å²) in [6, 6.07) is 6.63. The molecule has 1 aromatic carbocycles. The third-order valence-electron chi connectivity index (χ3n) is 2.48. The molecule has 0 amide bonds. The zero-order valence-electron chi connectivity index (χ0n) is 10.0. The number of hydrogen-bond acceptors (Lipinski definition) is 4. The maximum absolute atomic E-state index is 10.6. The lowest BCUT2D eigenvalue weighted by atomic mass is 10.2. The van der Waals surface area contributed by atoms with Crippen molar-refractivity contribution in [1.82, 2.24) is 4.90 Å². The van der Waals surface area contributed by atoms with Crippen LogP contribution in [-0.4, -0.2) is 34.6 Å². The monoisotopic (exact) mass is 238 g/mol. The van der Waals surface area contributed by atoms with Crippen LogP contribution in [0, 0.1) is 10.1 Å². The number of aliphatic hydroxyl groups is 1. The smallest absolute Gasteiger partial charge is 0.269 e. The highest BCUT2D eigenvalue weighted by atomic mass is 16.6. The molecule has 1 N–H and O–H groups in total. The first-order chi connectivity index (χ1) is 8.17. The van der Waals surface area contributed by atoms with Crippen LogP contribution in [0.1, 0.15) is 18.9 Å². The number of nitro groups is 1. The van der Waals surface area contributed by atoms with Crippen LogP contribution in [0.2, 0.25) is 0 Å². The van der Waals surface area contributed by atoms with Gasteiger partial charge in [-0.3, -0.25) is 15.0 Å². The van der Waals surface area contributed by atoms with E-state index in [9.17, 15) is 10.1 Å². The van der Waals surface area contributed by atoms with E-state index in [0.29, 0.717) is 13.1 Å². The minimum absolute atomic E-state index is 0.106. The first-order valence-electron chi connectivity index (χ1n) is 5.74. The molecule has 17 heavy (non-hydrogen) atoms. The zero-order valence-corrected chi connectivity index (χ0v) is 10.0. The van der Waals surface area contributed by atoms with Gasteiger partial charge in [0.2, 0.25) is 0 Å². The summed E-state index contributed by atoms with van der Waals surface area (Å²) in [4.78, 5) is 12.3. The molecule has 94 valence electrons. The summed E-state index contributed by atoms with van der Waals surface area (Å²) in [6.45, 7) is 4.28. The topological polar surface area (TPSA) is 66.6 Å². The number of rotatable bonds is 7. The number of nitrogens with zero attached hydrogens (tertiary/aromatic N) is 2. The number of nitro benzene ring substituents is 1. The summed E-state index contributed by atoms with van der Waals surface area (Å²) in [5.41, 5.74) is 1.02. The number of hydrogen-bond donors (Lipinski definition) is 1. The van der Waals surface area contributed by atoms with Crippen molar-refractivity contribution >= 4 is 5.69 Å². The number of non-ortho nitro benzene ring substituents is 1. The van der Waals surface area contributed by atoms with Gasteiger partial charge in [-0.05, 0) is 18.5 Å². The standard InChI is InChI=1S/C12H18N2O3/c1-2-6-13(7-8-15)10-11-4-3-5-12(9-11)14(16)17/h3-5,9,15H,2,6-8,10H2,1H3. The summed E-state index contributed by atoms with van der Waals surface area (Å²) in [5.74, 6) is 0. The number of benzene rings is 1. The Labute approximate surface area is 101 Å². The van der Waals surface area contributed by atoms with Gasteiger partial charge in [-0.1, -0.05) is 19.1 Å². The molecular formula is C12H18N2O3. The Bertz CT molecular complexity index is 363. The maximum atomic E-state index is 10.6. The largest absolute Gasteiger partial charge is 0.395 e. The minimum atomic E-state index is -0.389. The van der Waals surface area contributed by atoms with Crippen molar-refractivity contribution in [3.05, 3.63) is 39.9 Å². The van der Waals surface area contributed by atoms with E-state index in [1.165, 1.54) is 6.07 Å². The van der Waals surface area contributed by atoms with E-state index in [1.54, 1.807) is 12.1 Å². The quantitative estimate of drug-likeness (QED) is 0.581. The average molecular weight is 238 g/mol. The molecule has 0 saturated carbocycles. The van der Waals surface area contributed by atoms with E-state index in [0.717, 1.165) is 18.5 Å². The van der Waals surface area contributed by atoms with Gasteiger partial charge in [0, 0.05) is 25.2 Å². The molecule has 0 heterocycles. The second-order valence-corrected chi connectivity index (χ2v) is 3.93. The summed E-state index contributed by atoms with van der Waals surface area (Å²) in [6.07, 6.45) is 0.995. The highest BCUT2D eigenvalue weighted by molar-refractivity contribution is 5.34. The van der Waals surface area contributed by atoms with Crippen LogP contribution in [0.4, 0.5) is 5.69 Å². The van der Waals surface area contributed by atoms with Crippen LogP contribution < -0.4 is 0 Å². The van der Waals surface area contributed by atoms with Crippen molar-refractivity contribution in [2.45, 2.75) is 19.9 Å². The Morgan fingerprint density at radius 1 is 1.41 bits per heavy atom. The molecular weight excluding hydrogens is 220 g/mol. The van der Waals surface area contributed by atoms with E-state index in [1.807, 2.05) is 6.07 Å². The second-order valence-electron chi connectivity index (χ2n) is 3.93. The van der Waals surface area contributed by atoms with E-state index in [2.05, 4.69) is 11.8 Å². The van der Waals surface area contributed by atoms with Gasteiger partial charge in [-0.25, -0.2) is 0 Å². The summed E-state index contributed by atoms with van der Waals surface area (Å²) < 4.78 is 0. The van der Waals surface area contributed by atoms with Gasteiger partial charge in [-0.2, -0.15) is 0 Å². The summed E-state index contributed by atoms with van der Waals surface area (Å²) in [5, 5.41) is 19.6. The van der Waals surface area contributed by atoms with E-state index in [4.69, 9.17) is 5.11 Å². The van der Waals surface area contributed by atoms with Gasteiger partial charge in [0.1, 0.15) is 0 Å². The highest BCUT2D eigenvalue weighted by Gasteiger charge is 2.08. The molecule has 0 aliphatic rings.